The van der Waals surface area contributed by atoms with Crippen LogP contribution in [0.3, 0.4) is 0 Å². The monoisotopic (exact) mass is 439 g/mol. The van der Waals surface area contributed by atoms with Crippen molar-refractivity contribution < 1.29 is 13.3 Å². The number of para-hydroxylation sites is 1. The molecule has 0 aliphatic carbocycles. The van der Waals surface area contributed by atoms with E-state index in [2.05, 4.69) is 18.6 Å². The molecule has 0 aliphatic heterocycles. The van der Waals surface area contributed by atoms with Gasteiger partial charge in [0.15, 0.2) is 11.6 Å². The van der Waals surface area contributed by atoms with Gasteiger partial charge in [-0.15, -0.1) is 0 Å². The summed E-state index contributed by atoms with van der Waals surface area (Å²) >= 11 is 6.25. The maximum Gasteiger partial charge on any atom is 0.181 e. The van der Waals surface area contributed by atoms with Gasteiger partial charge in [-0.2, -0.15) is 0 Å². The smallest absolute Gasteiger partial charge is 0.181 e. The van der Waals surface area contributed by atoms with Crippen LogP contribution in [-0.2, 0) is 11.0 Å². The van der Waals surface area contributed by atoms with Gasteiger partial charge in [0.05, 0.1) is 22.1 Å². The van der Waals surface area contributed by atoms with E-state index in [9.17, 15) is 4.21 Å². The molecule has 1 N–H and O–H groups in total. The number of hydrogen-bond donors (Lipinski definition) is 1. The third-order valence-electron chi connectivity index (χ3n) is 4.72. The zero-order valence-electron chi connectivity index (χ0n) is 17.8. The Morgan fingerprint density at radius 3 is 2.28 bits per heavy atom. The molecule has 0 heterocycles. The van der Waals surface area contributed by atoms with Crippen LogP contribution in [0.5, 0.6) is 11.5 Å². The SMILES string of the molecule is CCC(CC)[C@H](N[S@](=O)CC(C)(C)C)c1ccc(Cl)c(Oc2ccccc2)c1F. The summed E-state index contributed by atoms with van der Waals surface area (Å²) in [5.74, 6) is 0.591. The Bertz CT molecular complexity index is 820. The Hall–Kier alpha value is -1.43. The van der Waals surface area contributed by atoms with Gasteiger partial charge in [-0.1, -0.05) is 83.3 Å². The fourth-order valence-electron chi connectivity index (χ4n) is 3.24. The Morgan fingerprint density at radius 1 is 1.10 bits per heavy atom. The van der Waals surface area contributed by atoms with Crippen molar-refractivity contribution in [1.82, 2.24) is 4.72 Å². The molecule has 0 saturated carbocycles. The Balaban J connectivity index is 2.42. The summed E-state index contributed by atoms with van der Waals surface area (Å²) in [5.41, 5.74) is 0.326. The molecular formula is C23H31ClFNO2S. The summed E-state index contributed by atoms with van der Waals surface area (Å²) < 4.78 is 37.2. The van der Waals surface area contributed by atoms with Gasteiger partial charge in [-0.25, -0.2) is 13.3 Å². The number of halogens is 2. The second-order valence-electron chi connectivity index (χ2n) is 8.42. The predicted molar refractivity (Wildman–Crippen MR) is 120 cm³/mol. The second kappa shape index (κ2) is 10.6. The lowest BCUT2D eigenvalue weighted by Crippen LogP contribution is -2.34. The molecule has 0 saturated heterocycles. The summed E-state index contributed by atoms with van der Waals surface area (Å²) in [6, 6.07) is 11.9. The molecule has 2 rings (SSSR count). The minimum atomic E-state index is -1.29. The van der Waals surface area contributed by atoms with E-state index in [0.717, 1.165) is 12.8 Å². The number of ether oxygens (including phenoxy) is 1. The van der Waals surface area contributed by atoms with Crippen molar-refractivity contribution in [2.45, 2.75) is 53.5 Å². The summed E-state index contributed by atoms with van der Waals surface area (Å²) in [7, 11) is -1.29. The Labute approximate surface area is 181 Å². The van der Waals surface area contributed by atoms with E-state index in [-0.39, 0.29) is 22.1 Å². The zero-order chi connectivity index (χ0) is 21.6. The van der Waals surface area contributed by atoms with E-state index >= 15 is 4.39 Å². The van der Waals surface area contributed by atoms with E-state index < -0.39 is 22.8 Å². The number of rotatable bonds is 9. The molecule has 0 amide bonds. The zero-order valence-corrected chi connectivity index (χ0v) is 19.4. The average molecular weight is 440 g/mol. The summed E-state index contributed by atoms with van der Waals surface area (Å²) in [6.45, 7) is 10.2. The van der Waals surface area contributed by atoms with Crippen LogP contribution >= 0.6 is 11.6 Å². The van der Waals surface area contributed by atoms with Crippen molar-refractivity contribution in [3.63, 3.8) is 0 Å². The van der Waals surface area contributed by atoms with Crippen LogP contribution in [0.4, 0.5) is 4.39 Å². The molecule has 0 fully saturated rings. The molecule has 0 radical (unpaired) electrons. The maximum atomic E-state index is 15.5. The van der Waals surface area contributed by atoms with Crippen molar-refractivity contribution in [2.75, 3.05) is 5.75 Å². The first kappa shape index (κ1) is 23.8. The van der Waals surface area contributed by atoms with Crippen LogP contribution in [0, 0.1) is 17.2 Å². The molecule has 0 bridgehead atoms. The van der Waals surface area contributed by atoms with Crippen LogP contribution < -0.4 is 9.46 Å². The molecule has 3 nitrogen and oxygen atoms in total. The van der Waals surface area contributed by atoms with Gasteiger partial charge >= 0.3 is 0 Å². The summed E-state index contributed by atoms with van der Waals surface area (Å²) in [4.78, 5) is 0. The van der Waals surface area contributed by atoms with E-state index in [4.69, 9.17) is 16.3 Å². The molecule has 0 unspecified atom stereocenters. The van der Waals surface area contributed by atoms with E-state index in [1.165, 1.54) is 0 Å². The molecule has 29 heavy (non-hydrogen) atoms. The number of hydrogen-bond acceptors (Lipinski definition) is 2. The van der Waals surface area contributed by atoms with Gasteiger partial charge in [0.1, 0.15) is 5.75 Å². The minimum absolute atomic E-state index is 0.00488. The number of benzene rings is 2. The van der Waals surface area contributed by atoms with Crippen LogP contribution in [0.2, 0.25) is 5.02 Å². The quantitative estimate of drug-likeness (QED) is 0.454. The minimum Gasteiger partial charge on any atom is -0.453 e. The van der Waals surface area contributed by atoms with E-state index in [0.29, 0.717) is 17.1 Å². The highest BCUT2D eigenvalue weighted by molar-refractivity contribution is 7.83. The lowest BCUT2D eigenvalue weighted by Gasteiger charge is -2.29. The summed E-state index contributed by atoms with van der Waals surface area (Å²) in [6.07, 6.45) is 1.66. The van der Waals surface area contributed by atoms with Crippen molar-refractivity contribution in [3.05, 3.63) is 58.9 Å². The molecule has 2 atom stereocenters. The van der Waals surface area contributed by atoms with Gasteiger partial charge < -0.3 is 4.74 Å². The maximum absolute atomic E-state index is 15.5. The average Bonchev–Trinajstić information content (AvgIpc) is 2.65. The van der Waals surface area contributed by atoms with Gasteiger partial charge in [0, 0.05) is 11.3 Å². The van der Waals surface area contributed by atoms with Crippen molar-refractivity contribution in [2.24, 2.45) is 11.3 Å². The first-order valence-corrected chi connectivity index (χ1v) is 11.7. The third-order valence-corrected chi connectivity index (χ3v) is 6.66. The molecule has 2 aromatic rings. The highest BCUT2D eigenvalue weighted by atomic mass is 35.5. The molecule has 0 aliphatic rings. The van der Waals surface area contributed by atoms with Gasteiger partial charge in [0.2, 0.25) is 0 Å². The number of nitrogens with one attached hydrogen (secondary N) is 1. The lowest BCUT2D eigenvalue weighted by atomic mass is 9.89. The first-order valence-electron chi connectivity index (χ1n) is 10.0. The molecule has 0 aromatic heterocycles. The molecule has 2 aromatic carbocycles. The van der Waals surface area contributed by atoms with E-state index in [1.807, 2.05) is 39.0 Å². The first-order chi connectivity index (χ1) is 13.7. The third kappa shape index (κ3) is 6.80. The van der Waals surface area contributed by atoms with Crippen molar-refractivity contribution in [1.29, 1.82) is 0 Å². The molecule has 6 heteroatoms. The van der Waals surface area contributed by atoms with Gasteiger partial charge in [-0.3, -0.25) is 0 Å². The van der Waals surface area contributed by atoms with Crippen LogP contribution in [0.15, 0.2) is 42.5 Å². The Kier molecular flexibility index (Phi) is 8.68. The second-order valence-corrected chi connectivity index (χ2v) is 10.0. The highest BCUT2D eigenvalue weighted by Gasteiger charge is 2.29. The normalized spacial score (nSPS) is 14.1. The fourth-order valence-corrected chi connectivity index (χ4v) is 4.90. The molecule has 0 spiro atoms. The lowest BCUT2D eigenvalue weighted by molar-refractivity contribution is 0.363. The van der Waals surface area contributed by atoms with Gasteiger partial charge in [-0.05, 0) is 29.5 Å². The van der Waals surface area contributed by atoms with E-state index in [1.54, 1.807) is 24.3 Å². The molecule has 160 valence electrons. The summed E-state index contributed by atoms with van der Waals surface area (Å²) in [5, 5.41) is 0.203. The topological polar surface area (TPSA) is 38.3 Å². The van der Waals surface area contributed by atoms with Gasteiger partial charge in [0.25, 0.3) is 0 Å². The van der Waals surface area contributed by atoms with Crippen molar-refractivity contribution in [3.8, 4) is 11.5 Å². The van der Waals surface area contributed by atoms with Crippen molar-refractivity contribution >= 4 is 22.6 Å². The molecular weight excluding hydrogens is 409 g/mol. The van der Waals surface area contributed by atoms with Crippen LogP contribution in [-0.4, -0.2) is 9.96 Å². The highest BCUT2D eigenvalue weighted by Crippen LogP contribution is 2.39. The largest absolute Gasteiger partial charge is 0.453 e. The fraction of sp³-hybridized carbons (Fsp3) is 0.478. The standard InChI is InChI=1S/C23H31ClFNO2S/c1-6-16(7-2)21(26-29(27)15-23(3,4)5)18-13-14-19(24)22(20(18)25)28-17-11-9-8-10-12-17/h8-14,16,21,26H,6-7,15H2,1-5H3/t21-,29+/m0/s1. The predicted octanol–water partition coefficient (Wildman–Crippen LogP) is 7.05. The van der Waals surface area contributed by atoms with Crippen LogP contribution in [0.1, 0.15) is 59.1 Å². The Morgan fingerprint density at radius 2 is 1.72 bits per heavy atom. The van der Waals surface area contributed by atoms with Crippen LogP contribution in [0.25, 0.3) is 0 Å².